The van der Waals surface area contributed by atoms with E-state index in [1.807, 2.05) is 6.20 Å². The summed E-state index contributed by atoms with van der Waals surface area (Å²) in [6.07, 6.45) is 2.46. The Labute approximate surface area is 124 Å². The van der Waals surface area contributed by atoms with Gasteiger partial charge in [0, 0.05) is 29.7 Å². The van der Waals surface area contributed by atoms with Crippen LogP contribution >= 0.6 is 12.2 Å². The molecule has 21 heavy (non-hydrogen) atoms. The zero-order valence-corrected chi connectivity index (χ0v) is 11.8. The van der Waals surface area contributed by atoms with Gasteiger partial charge in [0.15, 0.2) is 4.77 Å². The van der Waals surface area contributed by atoms with Crippen LogP contribution in [0.2, 0.25) is 0 Å². The van der Waals surface area contributed by atoms with Gasteiger partial charge in [-0.3, -0.25) is 9.78 Å². The Balaban J connectivity index is 1.92. The predicted octanol–water partition coefficient (Wildman–Crippen LogP) is 2.35. The minimum atomic E-state index is -0.317. The molecule has 0 fully saturated rings. The molecule has 4 N–H and O–H groups in total. The quantitative estimate of drug-likeness (QED) is 0.650. The Hall–Kier alpha value is -2.41. The van der Waals surface area contributed by atoms with Crippen molar-refractivity contribution >= 4 is 28.9 Å². The lowest BCUT2D eigenvalue weighted by atomic mass is 10.1. The molecule has 0 radical (unpaired) electrons. The molecule has 0 bridgehead atoms. The van der Waals surface area contributed by atoms with Crippen LogP contribution in [0, 0.1) is 10.6 Å². The van der Waals surface area contributed by atoms with E-state index in [0.717, 1.165) is 16.5 Å². The number of nitrogen functional groups attached to an aromatic ring is 1. The van der Waals surface area contributed by atoms with Gasteiger partial charge in [0.25, 0.3) is 5.56 Å². The van der Waals surface area contributed by atoms with Gasteiger partial charge in [-0.25, -0.2) is 4.39 Å². The zero-order valence-electron chi connectivity index (χ0n) is 11.0. The molecule has 3 rings (SSSR count). The van der Waals surface area contributed by atoms with E-state index in [4.69, 9.17) is 18.0 Å². The number of rotatable bonds is 3. The molecule has 7 heteroatoms. The fourth-order valence-electron chi connectivity index (χ4n) is 2.36. The van der Waals surface area contributed by atoms with Gasteiger partial charge in [0.05, 0.1) is 0 Å². The minimum Gasteiger partial charge on any atom is -0.385 e. The number of nitrogens with two attached hydrogens (primary N) is 1. The third-order valence-electron chi connectivity index (χ3n) is 3.40. The smallest absolute Gasteiger partial charge is 0.253 e. The first-order chi connectivity index (χ1) is 10.0. The van der Waals surface area contributed by atoms with Crippen molar-refractivity contribution < 1.29 is 4.39 Å². The lowest BCUT2D eigenvalue weighted by molar-refractivity contribution is 0.629. The number of aromatic amines is 2. The second kappa shape index (κ2) is 5.17. The Bertz CT molecular complexity index is 925. The van der Waals surface area contributed by atoms with Crippen LogP contribution in [-0.2, 0) is 13.0 Å². The number of halogens is 1. The Morgan fingerprint density at radius 3 is 2.90 bits per heavy atom. The van der Waals surface area contributed by atoms with Crippen LogP contribution in [0.15, 0.2) is 35.3 Å². The minimum absolute atomic E-state index is 0.275. The van der Waals surface area contributed by atoms with E-state index >= 15 is 0 Å². The third-order valence-corrected chi connectivity index (χ3v) is 3.72. The summed E-state index contributed by atoms with van der Waals surface area (Å²) in [5.41, 5.74) is 7.34. The van der Waals surface area contributed by atoms with Crippen LogP contribution in [0.3, 0.4) is 0 Å². The maximum absolute atomic E-state index is 13.3. The second-order valence-corrected chi connectivity index (χ2v) is 5.16. The first-order valence-electron chi connectivity index (χ1n) is 6.40. The van der Waals surface area contributed by atoms with Gasteiger partial charge in [-0.2, -0.15) is 0 Å². The van der Waals surface area contributed by atoms with Gasteiger partial charge in [-0.05, 0) is 42.4 Å². The molecule has 0 saturated heterocycles. The van der Waals surface area contributed by atoms with E-state index < -0.39 is 0 Å². The summed E-state index contributed by atoms with van der Waals surface area (Å²) < 4.78 is 15.3. The number of H-pyrrole nitrogens is 2. The van der Waals surface area contributed by atoms with Gasteiger partial charge in [0.1, 0.15) is 11.6 Å². The first kappa shape index (κ1) is 13.6. The van der Waals surface area contributed by atoms with Crippen LogP contribution in [0.4, 0.5) is 10.2 Å². The van der Waals surface area contributed by atoms with Crippen molar-refractivity contribution in [3.8, 4) is 0 Å². The van der Waals surface area contributed by atoms with Crippen molar-refractivity contribution in [2.75, 3.05) is 5.73 Å². The summed E-state index contributed by atoms with van der Waals surface area (Å²) in [5.74, 6) is 0.0401. The Morgan fingerprint density at radius 2 is 2.14 bits per heavy atom. The summed E-state index contributed by atoms with van der Waals surface area (Å²) in [6.45, 7) is 0.505. The molecule has 0 spiro atoms. The molecular formula is C14H13FN4OS. The molecule has 0 aliphatic heterocycles. The second-order valence-electron chi connectivity index (χ2n) is 4.77. The summed E-state index contributed by atoms with van der Waals surface area (Å²) >= 11 is 5.10. The van der Waals surface area contributed by atoms with Gasteiger partial charge in [0.2, 0.25) is 0 Å². The molecule has 2 heterocycles. The van der Waals surface area contributed by atoms with Crippen LogP contribution in [-0.4, -0.2) is 14.5 Å². The molecule has 108 valence electrons. The molecule has 0 atom stereocenters. The van der Waals surface area contributed by atoms with Crippen molar-refractivity contribution in [1.29, 1.82) is 0 Å². The highest BCUT2D eigenvalue weighted by Crippen LogP contribution is 2.20. The van der Waals surface area contributed by atoms with E-state index in [9.17, 15) is 9.18 Å². The molecular weight excluding hydrogens is 291 g/mol. The van der Waals surface area contributed by atoms with E-state index in [2.05, 4.69) is 9.97 Å². The van der Waals surface area contributed by atoms with Crippen molar-refractivity contribution in [3.05, 3.63) is 57.0 Å². The lowest BCUT2D eigenvalue weighted by Gasteiger charge is -2.09. The number of nitrogens with zero attached hydrogens (tertiary/aromatic N) is 1. The SMILES string of the molecule is Nc1cc(=O)[nH]c(=S)n1CCc1c[nH]c2ccc(F)cc12. The average molecular weight is 304 g/mol. The highest BCUT2D eigenvalue weighted by Gasteiger charge is 2.07. The lowest BCUT2D eigenvalue weighted by Crippen LogP contribution is -2.17. The van der Waals surface area contributed by atoms with Gasteiger partial charge < -0.3 is 15.3 Å². The third kappa shape index (κ3) is 2.59. The largest absolute Gasteiger partial charge is 0.385 e. The summed E-state index contributed by atoms with van der Waals surface area (Å²) in [5, 5.41) is 0.838. The monoisotopic (exact) mass is 304 g/mol. The highest BCUT2D eigenvalue weighted by molar-refractivity contribution is 7.71. The number of hydrogen-bond donors (Lipinski definition) is 3. The van der Waals surface area contributed by atoms with Crippen LogP contribution in [0.5, 0.6) is 0 Å². The fourth-order valence-corrected chi connectivity index (χ4v) is 2.66. The average Bonchev–Trinajstić information content (AvgIpc) is 2.80. The van der Waals surface area contributed by atoms with E-state index in [1.54, 1.807) is 10.6 Å². The highest BCUT2D eigenvalue weighted by atomic mass is 32.1. The normalized spacial score (nSPS) is 11.1. The van der Waals surface area contributed by atoms with Gasteiger partial charge in [-0.1, -0.05) is 0 Å². The number of anilines is 1. The molecule has 0 aliphatic rings. The fraction of sp³-hybridized carbons (Fsp3) is 0.143. The standard InChI is InChI=1S/C14H13FN4OS/c15-9-1-2-11-10(5-9)8(7-17-11)3-4-19-12(16)6-13(20)18-14(19)21/h1-2,5-7,17H,3-4,16H2,(H,18,20,21). The Morgan fingerprint density at radius 1 is 1.33 bits per heavy atom. The molecule has 3 aromatic rings. The van der Waals surface area contributed by atoms with E-state index in [1.165, 1.54) is 18.2 Å². The number of nitrogens with one attached hydrogen (secondary N) is 2. The maximum Gasteiger partial charge on any atom is 0.253 e. The van der Waals surface area contributed by atoms with Crippen LogP contribution in [0.25, 0.3) is 10.9 Å². The molecule has 2 aromatic heterocycles. The molecule has 5 nitrogen and oxygen atoms in total. The van der Waals surface area contributed by atoms with E-state index in [-0.39, 0.29) is 16.1 Å². The summed E-state index contributed by atoms with van der Waals surface area (Å²) in [7, 11) is 0. The predicted molar refractivity (Wildman–Crippen MR) is 82.3 cm³/mol. The van der Waals surface area contributed by atoms with Crippen LogP contribution < -0.4 is 11.3 Å². The zero-order chi connectivity index (χ0) is 15.0. The van der Waals surface area contributed by atoms with Gasteiger partial charge >= 0.3 is 0 Å². The molecule has 0 amide bonds. The Kier molecular flexibility index (Phi) is 3.34. The van der Waals surface area contributed by atoms with Crippen LogP contribution in [0.1, 0.15) is 5.56 Å². The number of fused-ring (bicyclic) bond motifs is 1. The van der Waals surface area contributed by atoms with Crippen molar-refractivity contribution in [3.63, 3.8) is 0 Å². The molecule has 1 aromatic carbocycles. The maximum atomic E-state index is 13.3. The summed E-state index contributed by atoms with van der Waals surface area (Å²) in [6, 6.07) is 5.91. The molecule has 0 aliphatic carbocycles. The number of aryl methyl sites for hydroxylation is 1. The van der Waals surface area contributed by atoms with E-state index in [0.29, 0.717) is 18.8 Å². The van der Waals surface area contributed by atoms with Crippen molar-refractivity contribution in [1.82, 2.24) is 14.5 Å². The number of aromatic nitrogens is 3. The molecule has 0 unspecified atom stereocenters. The summed E-state index contributed by atoms with van der Waals surface area (Å²) in [4.78, 5) is 16.9. The topological polar surface area (TPSA) is 79.6 Å². The number of hydrogen-bond acceptors (Lipinski definition) is 3. The molecule has 0 saturated carbocycles. The number of benzene rings is 1. The first-order valence-corrected chi connectivity index (χ1v) is 6.80. The van der Waals surface area contributed by atoms with Gasteiger partial charge in [-0.15, -0.1) is 0 Å². The van der Waals surface area contributed by atoms with Crippen molar-refractivity contribution in [2.24, 2.45) is 0 Å². The van der Waals surface area contributed by atoms with Crippen molar-refractivity contribution in [2.45, 2.75) is 13.0 Å².